The summed E-state index contributed by atoms with van der Waals surface area (Å²) in [5.41, 5.74) is 0.786. The first-order valence-electron chi connectivity index (χ1n) is 4.87. The highest BCUT2D eigenvalue weighted by molar-refractivity contribution is 9.10. The molecule has 0 aliphatic heterocycles. The number of urea groups is 1. The molecular weight excluding hydrogens is 268 g/mol. The fourth-order valence-electron chi connectivity index (χ4n) is 1.49. The highest BCUT2D eigenvalue weighted by atomic mass is 79.9. The second-order valence-electron chi connectivity index (χ2n) is 3.41. The maximum absolute atomic E-state index is 11.1. The lowest BCUT2D eigenvalue weighted by Gasteiger charge is -2.05. The van der Waals surface area contributed by atoms with Gasteiger partial charge in [0.15, 0.2) is 0 Å². The summed E-state index contributed by atoms with van der Waals surface area (Å²) in [6.45, 7) is 0. The summed E-state index contributed by atoms with van der Waals surface area (Å²) >= 11 is 3.42. The van der Waals surface area contributed by atoms with E-state index in [1.54, 1.807) is 7.05 Å². The second-order valence-corrected chi connectivity index (χ2v) is 4.33. The zero-order chi connectivity index (χ0) is 11.5. The first kappa shape index (κ1) is 11.0. The van der Waals surface area contributed by atoms with Gasteiger partial charge in [0.2, 0.25) is 0 Å². The molecule has 2 aromatic rings. The normalized spacial score (nSPS) is 10.1. The van der Waals surface area contributed by atoms with Crippen LogP contribution in [-0.2, 0) is 0 Å². The van der Waals surface area contributed by atoms with E-state index in [1.807, 2.05) is 36.4 Å². The maximum atomic E-state index is 11.1. The highest BCUT2D eigenvalue weighted by Gasteiger charge is 2.00. The van der Waals surface area contributed by atoms with E-state index in [1.165, 1.54) is 0 Å². The molecule has 0 aliphatic rings. The molecule has 0 radical (unpaired) electrons. The smallest absolute Gasteiger partial charge is 0.318 e. The molecule has 0 heterocycles. The van der Waals surface area contributed by atoms with Gasteiger partial charge in [-0.1, -0.05) is 28.1 Å². The Morgan fingerprint density at radius 2 is 1.81 bits per heavy atom. The Bertz CT molecular complexity index is 540. The van der Waals surface area contributed by atoms with E-state index >= 15 is 0 Å². The highest BCUT2D eigenvalue weighted by Crippen LogP contribution is 2.22. The number of hydrogen-bond acceptors (Lipinski definition) is 1. The largest absolute Gasteiger partial charge is 0.341 e. The van der Waals surface area contributed by atoms with Gasteiger partial charge in [-0.25, -0.2) is 4.79 Å². The average Bonchev–Trinajstić information content (AvgIpc) is 2.29. The Morgan fingerprint density at radius 1 is 1.12 bits per heavy atom. The van der Waals surface area contributed by atoms with Crippen LogP contribution in [0.25, 0.3) is 10.8 Å². The summed E-state index contributed by atoms with van der Waals surface area (Å²) in [6, 6.07) is 11.6. The number of carbonyl (C=O) groups is 1. The van der Waals surface area contributed by atoms with Crippen molar-refractivity contribution in [3.63, 3.8) is 0 Å². The lowest BCUT2D eigenvalue weighted by Crippen LogP contribution is -2.24. The van der Waals surface area contributed by atoms with Crippen LogP contribution in [0.3, 0.4) is 0 Å². The summed E-state index contributed by atoms with van der Waals surface area (Å²) in [5, 5.41) is 7.48. The number of halogens is 1. The van der Waals surface area contributed by atoms with Crippen LogP contribution < -0.4 is 10.6 Å². The molecule has 0 fully saturated rings. The number of hydrogen-bond donors (Lipinski definition) is 2. The van der Waals surface area contributed by atoms with Gasteiger partial charge in [-0.15, -0.1) is 0 Å². The molecule has 16 heavy (non-hydrogen) atoms. The van der Waals surface area contributed by atoms with Crippen molar-refractivity contribution in [3.8, 4) is 0 Å². The van der Waals surface area contributed by atoms with Crippen LogP contribution in [0, 0.1) is 0 Å². The molecular formula is C12H11BrN2O. The molecule has 0 saturated carbocycles. The number of rotatable bonds is 1. The maximum Gasteiger partial charge on any atom is 0.318 e. The minimum Gasteiger partial charge on any atom is -0.341 e. The van der Waals surface area contributed by atoms with Crippen molar-refractivity contribution in [2.24, 2.45) is 0 Å². The van der Waals surface area contributed by atoms with Crippen molar-refractivity contribution in [2.75, 3.05) is 12.4 Å². The topological polar surface area (TPSA) is 41.1 Å². The van der Waals surface area contributed by atoms with Crippen LogP contribution in [0.1, 0.15) is 0 Å². The molecule has 2 N–H and O–H groups in total. The first-order chi connectivity index (χ1) is 7.69. The Hall–Kier alpha value is -1.55. The van der Waals surface area contributed by atoms with Gasteiger partial charge < -0.3 is 10.6 Å². The third-order valence-corrected chi connectivity index (χ3v) is 2.78. The zero-order valence-corrected chi connectivity index (χ0v) is 10.3. The van der Waals surface area contributed by atoms with Gasteiger partial charge in [0.1, 0.15) is 0 Å². The Labute approximate surface area is 102 Å². The molecule has 0 bridgehead atoms. The Balaban J connectivity index is 2.37. The van der Waals surface area contributed by atoms with Gasteiger partial charge in [-0.05, 0) is 35.0 Å². The quantitative estimate of drug-likeness (QED) is 0.825. The SMILES string of the molecule is CNC(=O)Nc1ccc2cc(Br)ccc2c1. The van der Waals surface area contributed by atoms with Crippen LogP contribution in [0.4, 0.5) is 10.5 Å². The molecule has 0 aromatic heterocycles. The Morgan fingerprint density at radius 3 is 2.56 bits per heavy atom. The lowest BCUT2D eigenvalue weighted by molar-refractivity contribution is 0.254. The number of fused-ring (bicyclic) bond motifs is 1. The van der Waals surface area contributed by atoms with E-state index in [-0.39, 0.29) is 6.03 Å². The minimum atomic E-state index is -0.212. The summed E-state index contributed by atoms with van der Waals surface area (Å²) < 4.78 is 1.05. The van der Waals surface area contributed by atoms with E-state index in [0.717, 1.165) is 20.9 Å². The van der Waals surface area contributed by atoms with E-state index in [2.05, 4.69) is 26.6 Å². The van der Waals surface area contributed by atoms with Crippen LogP contribution in [0.5, 0.6) is 0 Å². The monoisotopic (exact) mass is 278 g/mol. The fraction of sp³-hybridized carbons (Fsp3) is 0.0833. The molecule has 2 rings (SSSR count). The van der Waals surface area contributed by atoms with Crippen molar-refractivity contribution < 1.29 is 4.79 Å². The van der Waals surface area contributed by atoms with Crippen LogP contribution >= 0.6 is 15.9 Å². The minimum absolute atomic E-state index is 0.212. The van der Waals surface area contributed by atoms with Gasteiger partial charge in [-0.3, -0.25) is 0 Å². The van der Waals surface area contributed by atoms with E-state index < -0.39 is 0 Å². The van der Waals surface area contributed by atoms with Gasteiger partial charge in [0, 0.05) is 17.2 Å². The first-order valence-corrected chi connectivity index (χ1v) is 5.66. The van der Waals surface area contributed by atoms with Gasteiger partial charge in [0.05, 0.1) is 0 Å². The summed E-state index contributed by atoms with van der Waals surface area (Å²) in [5.74, 6) is 0. The number of anilines is 1. The van der Waals surface area contributed by atoms with Crippen molar-refractivity contribution in [1.29, 1.82) is 0 Å². The van der Waals surface area contributed by atoms with Crippen LogP contribution in [0.15, 0.2) is 40.9 Å². The molecule has 0 spiro atoms. The van der Waals surface area contributed by atoms with Crippen LogP contribution in [0.2, 0.25) is 0 Å². The van der Waals surface area contributed by atoms with Crippen molar-refractivity contribution in [3.05, 3.63) is 40.9 Å². The molecule has 0 unspecified atom stereocenters. The lowest BCUT2D eigenvalue weighted by atomic mass is 10.1. The molecule has 0 atom stereocenters. The fourth-order valence-corrected chi connectivity index (χ4v) is 1.87. The number of amides is 2. The number of nitrogens with one attached hydrogen (secondary N) is 2. The van der Waals surface area contributed by atoms with E-state index in [4.69, 9.17) is 0 Å². The predicted molar refractivity (Wildman–Crippen MR) is 69.7 cm³/mol. The van der Waals surface area contributed by atoms with Gasteiger partial charge in [0.25, 0.3) is 0 Å². The van der Waals surface area contributed by atoms with E-state index in [9.17, 15) is 4.79 Å². The summed E-state index contributed by atoms with van der Waals surface area (Å²) in [7, 11) is 1.59. The average molecular weight is 279 g/mol. The molecule has 2 aromatic carbocycles. The van der Waals surface area contributed by atoms with Crippen molar-refractivity contribution in [1.82, 2.24) is 5.32 Å². The molecule has 0 saturated heterocycles. The van der Waals surface area contributed by atoms with Crippen molar-refractivity contribution in [2.45, 2.75) is 0 Å². The molecule has 4 heteroatoms. The van der Waals surface area contributed by atoms with Gasteiger partial charge in [-0.2, -0.15) is 0 Å². The molecule has 2 amide bonds. The third-order valence-electron chi connectivity index (χ3n) is 2.29. The van der Waals surface area contributed by atoms with Crippen LogP contribution in [-0.4, -0.2) is 13.1 Å². The van der Waals surface area contributed by atoms with Crippen molar-refractivity contribution >= 4 is 38.4 Å². The van der Waals surface area contributed by atoms with Gasteiger partial charge >= 0.3 is 6.03 Å². The predicted octanol–water partition coefficient (Wildman–Crippen LogP) is 3.35. The molecule has 82 valence electrons. The Kier molecular flexibility index (Phi) is 3.10. The zero-order valence-electron chi connectivity index (χ0n) is 8.75. The standard InChI is InChI=1S/C12H11BrN2O/c1-14-12(16)15-11-5-3-8-6-10(13)4-2-9(8)7-11/h2-7H,1H3,(H2,14,15,16). The molecule has 3 nitrogen and oxygen atoms in total. The summed E-state index contributed by atoms with van der Waals surface area (Å²) in [6.07, 6.45) is 0. The van der Waals surface area contributed by atoms with E-state index in [0.29, 0.717) is 0 Å². The number of benzene rings is 2. The summed E-state index contributed by atoms with van der Waals surface area (Å²) in [4.78, 5) is 11.1. The second kappa shape index (κ2) is 4.53. The number of carbonyl (C=O) groups excluding carboxylic acids is 1. The third kappa shape index (κ3) is 2.33. The molecule has 0 aliphatic carbocycles.